The van der Waals surface area contributed by atoms with Crippen molar-refractivity contribution in [2.75, 3.05) is 5.32 Å². The van der Waals surface area contributed by atoms with Gasteiger partial charge in [-0.25, -0.2) is 4.79 Å². The second kappa shape index (κ2) is 6.90. The molecule has 0 saturated heterocycles. The summed E-state index contributed by atoms with van der Waals surface area (Å²) in [4.78, 5) is 23.3. The molecule has 1 unspecified atom stereocenters. The molecule has 0 saturated carbocycles. The second-order valence-electron chi connectivity index (χ2n) is 4.44. The Labute approximate surface area is 127 Å². The summed E-state index contributed by atoms with van der Waals surface area (Å²) in [5.41, 5.74) is 1.15. The van der Waals surface area contributed by atoms with E-state index in [0.717, 1.165) is 0 Å². The third-order valence-corrected chi connectivity index (χ3v) is 2.97. The van der Waals surface area contributed by atoms with Crippen LogP contribution in [0.5, 0.6) is 0 Å². The van der Waals surface area contributed by atoms with Gasteiger partial charge in [0.1, 0.15) is 12.1 Å². The van der Waals surface area contributed by atoms with Gasteiger partial charge in [-0.3, -0.25) is 4.79 Å². The van der Waals surface area contributed by atoms with Gasteiger partial charge in [-0.15, -0.1) is 0 Å². The van der Waals surface area contributed by atoms with Crippen molar-refractivity contribution < 1.29 is 14.7 Å². The van der Waals surface area contributed by atoms with E-state index in [9.17, 15) is 9.59 Å². The van der Waals surface area contributed by atoms with Crippen LogP contribution in [0.25, 0.3) is 0 Å². The summed E-state index contributed by atoms with van der Waals surface area (Å²) >= 11 is 0. The van der Waals surface area contributed by atoms with Gasteiger partial charge in [0, 0.05) is 0 Å². The summed E-state index contributed by atoms with van der Waals surface area (Å²) in [6.07, 6.45) is -1.31. The number of amides is 2. The van der Waals surface area contributed by atoms with Crippen molar-refractivity contribution in [3.8, 4) is 6.07 Å². The Morgan fingerprint density at radius 2 is 1.68 bits per heavy atom. The van der Waals surface area contributed by atoms with Gasteiger partial charge in [0.25, 0.3) is 5.91 Å². The molecule has 1 atom stereocenters. The van der Waals surface area contributed by atoms with Gasteiger partial charge in [0.15, 0.2) is 0 Å². The Morgan fingerprint density at radius 1 is 1.05 bits per heavy atom. The van der Waals surface area contributed by atoms with Gasteiger partial charge in [-0.2, -0.15) is 5.26 Å². The van der Waals surface area contributed by atoms with Crippen LogP contribution in [0.2, 0.25) is 0 Å². The lowest BCUT2D eigenvalue weighted by molar-refractivity contribution is -0.118. The SMILES string of the molecule is N#Cc1ccccc1NC(=O)C(NC(=O)O)c1ccccc1. The molecule has 2 aromatic rings. The van der Waals surface area contributed by atoms with Crippen LogP contribution < -0.4 is 10.6 Å². The zero-order chi connectivity index (χ0) is 15.9. The molecule has 0 spiro atoms. The Morgan fingerprint density at radius 3 is 2.32 bits per heavy atom. The number of nitriles is 1. The van der Waals surface area contributed by atoms with Crippen LogP contribution in [0.1, 0.15) is 17.2 Å². The largest absolute Gasteiger partial charge is 0.465 e. The van der Waals surface area contributed by atoms with E-state index in [1.807, 2.05) is 6.07 Å². The predicted molar refractivity (Wildman–Crippen MR) is 80.1 cm³/mol. The summed E-state index contributed by atoms with van der Waals surface area (Å²) in [6.45, 7) is 0. The number of rotatable bonds is 4. The smallest absolute Gasteiger partial charge is 0.405 e. The highest BCUT2D eigenvalue weighted by Crippen LogP contribution is 2.18. The Balaban J connectivity index is 2.27. The molecular formula is C16H13N3O3. The highest BCUT2D eigenvalue weighted by Gasteiger charge is 2.23. The number of para-hydroxylation sites is 1. The number of carbonyl (C=O) groups excluding carboxylic acids is 1. The predicted octanol–water partition coefficient (Wildman–Crippen LogP) is 2.51. The number of nitrogens with zero attached hydrogens (tertiary/aromatic N) is 1. The molecule has 6 nitrogen and oxygen atoms in total. The molecule has 0 aliphatic heterocycles. The van der Waals surface area contributed by atoms with E-state index in [1.54, 1.807) is 54.6 Å². The third-order valence-electron chi connectivity index (χ3n) is 2.97. The number of anilines is 1. The van der Waals surface area contributed by atoms with Crippen molar-refractivity contribution in [3.63, 3.8) is 0 Å². The minimum absolute atomic E-state index is 0.304. The molecular weight excluding hydrogens is 282 g/mol. The Kier molecular flexibility index (Phi) is 4.73. The van der Waals surface area contributed by atoms with E-state index in [2.05, 4.69) is 10.6 Å². The fourth-order valence-electron chi connectivity index (χ4n) is 1.96. The van der Waals surface area contributed by atoms with Gasteiger partial charge in [-0.05, 0) is 17.7 Å². The minimum atomic E-state index is -1.31. The lowest BCUT2D eigenvalue weighted by Crippen LogP contribution is -2.36. The molecule has 0 fully saturated rings. The number of carboxylic acid groups (broad SMARTS) is 1. The fourth-order valence-corrected chi connectivity index (χ4v) is 1.96. The standard InChI is InChI=1S/C16H13N3O3/c17-10-12-8-4-5-9-13(12)18-15(20)14(19-16(21)22)11-6-2-1-3-7-11/h1-9,14,19H,(H,18,20)(H,21,22). The van der Waals surface area contributed by atoms with E-state index >= 15 is 0 Å². The maximum atomic E-state index is 12.4. The van der Waals surface area contributed by atoms with Gasteiger partial charge >= 0.3 is 6.09 Å². The first-order valence-corrected chi connectivity index (χ1v) is 6.46. The second-order valence-corrected chi connectivity index (χ2v) is 4.44. The van der Waals surface area contributed by atoms with Crippen LogP contribution in [0.4, 0.5) is 10.5 Å². The summed E-state index contributed by atoms with van der Waals surface area (Å²) in [5, 5.41) is 22.7. The lowest BCUT2D eigenvalue weighted by Gasteiger charge is -2.17. The number of hydrogen-bond acceptors (Lipinski definition) is 3. The summed E-state index contributed by atoms with van der Waals surface area (Å²) in [7, 11) is 0. The van der Waals surface area contributed by atoms with Crippen LogP contribution in [-0.4, -0.2) is 17.1 Å². The van der Waals surface area contributed by atoms with Gasteiger partial charge in [0.05, 0.1) is 11.3 Å². The lowest BCUT2D eigenvalue weighted by atomic mass is 10.1. The third kappa shape index (κ3) is 3.61. The molecule has 110 valence electrons. The number of nitrogens with one attached hydrogen (secondary N) is 2. The first-order valence-electron chi connectivity index (χ1n) is 6.46. The van der Waals surface area contributed by atoms with Crippen LogP contribution >= 0.6 is 0 Å². The van der Waals surface area contributed by atoms with Crippen molar-refractivity contribution in [2.24, 2.45) is 0 Å². The molecule has 2 aromatic carbocycles. The first kappa shape index (κ1) is 15.1. The van der Waals surface area contributed by atoms with E-state index in [4.69, 9.17) is 10.4 Å². The maximum absolute atomic E-state index is 12.4. The topological polar surface area (TPSA) is 102 Å². The molecule has 6 heteroatoms. The normalized spacial score (nSPS) is 11.0. The van der Waals surface area contributed by atoms with E-state index in [-0.39, 0.29) is 0 Å². The first-order chi connectivity index (χ1) is 10.6. The zero-order valence-electron chi connectivity index (χ0n) is 11.5. The van der Waals surface area contributed by atoms with Gasteiger partial charge in [-0.1, -0.05) is 42.5 Å². The van der Waals surface area contributed by atoms with E-state index < -0.39 is 18.0 Å². The van der Waals surface area contributed by atoms with Crippen molar-refractivity contribution in [2.45, 2.75) is 6.04 Å². The number of hydrogen-bond donors (Lipinski definition) is 3. The zero-order valence-corrected chi connectivity index (χ0v) is 11.5. The van der Waals surface area contributed by atoms with Crippen molar-refractivity contribution in [1.82, 2.24) is 5.32 Å². The van der Waals surface area contributed by atoms with Crippen LogP contribution in [0.3, 0.4) is 0 Å². The fraction of sp³-hybridized carbons (Fsp3) is 0.0625. The van der Waals surface area contributed by atoms with Crippen molar-refractivity contribution in [3.05, 3.63) is 65.7 Å². The van der Waals surface area contributed by atoms with Crippen molar-refractivity contribution in [1.29, 1.82) is 5.26 Å². The monoisotopic (exact) mass is 295 g/mol. The van der Waals surface area contributed by atoms with Gasteiger partial charge < -0.3 is 15.7 Å². The number of carbonyl (C=O) groups is 2. The average molecular weight is 295 g/mol. The van der Waals surface area contributed by atoms with Gasteiger partial charge in [0.2, 0.25) is 0 Å². The molecule has 0 radical (unpaired) electrons. The van der Waals surface area contributed by atoms with Crippen LogP contribution in [-0.2, 0) is 4.79 Å². The summed E-state index contributed by atoms with van der Waals surface area (Å²) < 4.78 is 0. The van der Waals surface area contributed by atoms with E-state index in [1.165, 1.54) is 0 Å². The van der Waals surface area contributed by atoms with Crippen molar-refractivity contribution >= 4 is 17.7 Å². The Hall–Kier alpha value is -3.33. The highest BCUT2D eigenvalue weighted by molar-refractivity contribution is 5.98. The average Bonchev–Trinajstić information content (AvgIpc) is 2.53. The molecule has 0 aromatic heterocycles. The summed E-state index contributed by atoms with van der Waals surface area (Å²) in [6, 6.07) is 15.9. The molecule has 0 bridgehead atoms. The molecule has 0 heterocycles. The Bertz CT molecular complexity index is 723. The molecule has 2 amide bonds. The molecule has 3 N–H and O–H groups in total. The quantitative estimate of drug-likeness (QED) is 0.806. The molecule has 0 aliphatic rings. The van der Waals surface area contributed by atoms with E-state index in [0.29, 0.717) is 16.8 Å². The summed E-state index contributed by atoms with van der Waals surface area (Å²) in [5.74, 6) is -0.559. The maximum Gasteiger partial charge on any atom is 0.405 e. The molecule has 0 aliphatic carbocycles. The van der Waals surface area contributed by atoms with Crippen LogP contribution in [0, 0.1) is 11.3 Å². The molecule has 2 rings (SSSR count). The van der Waals surface area contributed by atoms with Crippen LogP contribution in [0.15, 0.2) is 54.6 Å². The molecule has 22 heavy (non-hydrogen) atoms. The minimum Gasteiger partial charge on any atom is -0.465 e. The number of benzene rings is 2. The highest BCUT2D eigenvalue weighted by atomic mass is 16.4.